The number of piperidine rings is 1. The third-order valence-electron chi connectivity index (χ3n) is 4.97. The zero-order valence-electron chi connectivity index (χ0n) is 12.9. The van der Waals surface area contributed by atoms with Crippen molar-refractivity contribution in [2.75, 3.05) is 6.54 Å². The summed E-state index contributed by atoms with van der Waals surface area (Å²) in [5.41, 5.74) is 0.709. The van der Waals surface area contributed by atoms with Gasteiger partial charge in [0, 0.05) is 25.8 Å². The molecule has 5 nitrogen and oxygen atoms in total. The van der Waals surface area contributed by atoms with Crippen LogP contribution in [-0.2, 0) is 7.05 Å². The van der Waals surface area contributed by atoms with Gasteiger partial charge in [-0.05, 0) is 42.3 Å². The van der Waals surface area contributed by atoms with Crippen LogP contribution in [0.15, 0.2) is 35.8 Å². The van der Waals surface area contributed by atoms with Crippen LogP contribution in [0.1, 0.15) is 33.0 Å². The largest absolute Gasteiger partial charge is 0.347 e. The van der Waals surface area contributed by atoms with Gasteiger partial charge in [0.15, 0.2) is 0 Å². The van der Waals surface area contributed by atoms with Crippen LogP contribution in [0.3, 0.4) is 0 Å². The molecule has 3 atom stereocenters. The highest BCUT2D eigenvalue weighted by atomic mass is 32.1. The molecule has 1 aliphatic carbocycles. The molecule has 2 aliphatic rings. The number of carbonyl (C=O) groups is 2. The Bertz CT molecular complexity index is 737. The Morgan fingerprint density at radius 3 is 2.78 bits per heavy atom. The van der Waals surface area contributed by atoms with E-state index in [1.54, 1.807) is 0 Å². The first-order valence-corrected chi connectivity index (χ1v) is 8.78. The molecular weight excluding hydrogens is 310 g/mol. The lowest BCUT2D eigenvalue weighted by atomic mass is 10.0. The number of aromatic nitrogens is 1. The van der Waals surface area contributed by atoms with Crippen molar-refractivity contribution in [1.82, 2.24) is 14.8 Å². The molecule has 3 unspecified atom stereocenters. The number of nitrogens with one attached hydrogen (secondary N) is 1. The van der Waals surface area contributed by atoms with Gasteiger partial charge in [0.25, 0.3) is 11.8 Å². The van der Waals surface area contributed by atoms with Gasteiger partial charge in [-0.3, -0.25) is 9.59 Å². The van der Waals surface area contributed by atoms with Crippen LogP contribution in [0.4, 0.5) is 0 Å². The summed E-state index contributed by atoms with van der Waals surface area (Å²) in [4.78, 5) is 27.7. The van der Waals surface area contributed by atoms with Gasteiger partial charge in [-0.15, -0.1) is 11.3 Å². The van der Waals surface area contributed by atoms with E-state index >= 15 is 0 Å². The molecule has 2 aromatic rings. The minimum absolute atomic E-state index is 0.0242. The first-order chi connectivity index (χ1) is 11.1. The second-order valence-corrected chi connectivity index (χ2v) is 7.37. The molecule has 23 heavy (non-hydrogen) atoms. The van der Waals surface area contributed by atoms with Crippen molar-refractivity contribution in [1.29, 1.82) is 0 Å². The lowest BCUT2D eigenvalue weighted by Gasteiger charge is -2.33. The van der Waals surface area contributed by atoms with E-state index in [1.165, 1.54) is 11.3 Å². The summed E-state index contributed by atoms with van der Waals surface area (Å²) in [5, 5.41) is 5.03. The van der Waals surface area contributed by atoms with Gasteiger partial charge in [-0.25, -0.2) is 0 Å². The molecule has 1 aliphatic heterocycles. The fourth-order valence-corrected chi connectivity index (χ4v) is 4.52. The molecule has 2 fully saturated rings. The molecule has 1 saturated heterocycles. The number of rotatable bonds is 3. The fraction of sp³-hybridized carbons (Fsp3) is 0.412. The van der Waals surface area contributed by atoms with E-state index in [0.29, 0.717) is 11.6 Å². The van der Waals surface area contributed by atoms with Crippen molar-refractivity contribution in [3.63, 3.8) is 0 Å². The number of aryl methyl sites for hydroxylation is 1. The molecular formula is C17H19N3O2S. The van der Waals surface area contributed by atoms with Crippen LogP contribution in [0.2, 0.25) is 0 Å². The third-order valence-corrected chi connectivity index (χ3v) is 5.84. The number of carbonyl (C=O) groups excluding carboxylic acids is 2. The predicted molar refractivity (Wildman–Crippen MR) is 88.5 cm³/mol. The van der Waals surface area contributed by atoms with Crippen molar-refractivity contribution >= 4 is 23.2 Å². The molecule has 6 heteroatoms. The Morgan fingerprint density at radius 1 is 1.26 bits per heavy atom. The minimum atomic E-state index is -0.0242. The van der Waals surface area contributed by atoms with E-state index in [2.05, 4.69) is 5.32 Å². The number of hydrogen-bond donors (Lipinski definition) is 1. The van der Waals surface area contributed by atoms with Crippen LogP contribution < -0.4 is 5.32 Å². The highest BCUT2D eigenvalue weighted by Crippen LogP contribution is 2.38. The number of amides is 2. The van der Waals surface area contributed by atoms with Crippen LogP contribution in [-0.4, -0.2) is 39.9 Å². The van der Waals surface area contributed by atoms with Crippen molar-refractivity contribution in [3.8, 4) is 0 Å². The van der Waals surface area contributed by atoms with Gasteiger partial charge in [-0.1, -0.05) is 6.07 Å². The second-order valence-electron chi connectivity index (χ2n) is 6.42. The Morgan fingerprint density at radius 2 is 2.13 bits per heavy atom. The van der Waals surface area contributed by atoms with Gasteiger partial charge in [0.05, 0.1) is 10.9 Å². The van der Waals surface area contributed by atoms with E-state index in [-0.39, 0.29) is 23.9 Å². The van der Waals surface area contributed by atoms with Crippen molar-refractivity contribution in [2.45, 2.75) is 24.9 Å². The molecule has 1 saturated carbocycles. The molecule has 0 radical (unpaired) electrons. The smallest absolute Gasteiger partial charge is 0.270 e. The number of hydrogen-bond acceptors (Lipinski definition) is 3. The summed E-state index contributed by atoms with van der Waals surface area (Å²) in [6.07, 6.45) is 3.85. The third kappa shape index (κ3) is 2.47. The van der Waals surface area contributed by atoms with Crippen molar-refractivity contribution in [3.05, 3.63) is 46.4 Å². The first kappa shape index (κ1) is 14.5. The lowest BCUT2D eigenvalue weighted by molar-refractivity contribution is 0.0640. The van der Waals surface area contributed by atoms with Gasteiger partial charge in [-0.2, -0.15) is 0 Å². The average molecular weight is 329 g/mol. The van der Waals surface area contributed by atoms with Crippen molar-refractivity contribution in [2.24, 2.45) is 13.0 Å². The zero-order chi connectivity index (χ0) is 16.0. The SMILES string of the molecule is Cn1cccc1C(=O)N1CC2CC(NC(=O)c3cccs3)C1C2. The monoisotopic (exact) mass is 329 g/mol. The number of nitrogens with zero attached hydrogens (tertiary/aromatic N) is 2. The molecule has 2 aromatic heterocycles. The fourth-order valence-electron chi connectivity index (χ4n) is 3.89. The summed E-state index contributed by atoms with van der Waals surface area (Å²) in [6, 6.07) is 7.63. The molecule has 0 aromatic carbocycles. The highest BCUT2D eigenvalue weighted by molar-refractivity contribution is 7.12. The second kappa shape index (κ2) is 5.53. The van der Waals surface area contributed by atoms with Crippen LogP contribution >= 0.6 is 11.3 Å². The summed E-state index contributed by atoms with van der Waals surface area (Å²) in [7, 11) is 1.89. The number of likely N-dealkylation sites (tertiary alicyclic amines) is 1. The highest BCUT2D eigenvalue weighted by Gasteiger charge is 2.47. The van der Waals surface area contributed by atoms with E-state index < -0.39 is 0 Å². The summed E-state index contributed by atoms with van der Waals surface area (Å²) in [5.74, 6) is 0.543. The maximum atomic E-state index is 12.8. The van der Waals surface area contributed by atoms with Gasteiger partial charge < -0.3 is 14.8 Å². The summed E-state index contributed by atoms with van der Waals surface area (Å²) < 4.78 is 1.85. The van der Waals surface area contributed by atoms with Gasteiger partial charge in [0.2, 0.25) is 0 Å². The Labute approximate surface area is 138 Å². The van der Waals surface area contributed by atoms with E-state index in [0.717, 1.165) is 24.3 Å². The Balaban J connectivity index is 1.49. The Hall–Kier alpha value is -2.08. The summed E-state index contributed by atoms with van der Waals surface area (Å²) in [6.45, 7) is 0.806. The first-order valence-electron chi connectivity index (χ1n) is 7.90. The van der Waals surface area contributed by atoms with E-state index in [1.807, 2.05) is 52.4 Å². The molecule has 2 amide bonds. The van der Waals surface area contributed by atoms with Crippen LogP contribution in [0.25, 0.3) is 0 Å². The van der Waals surface area contributed by atoms with Crippen LogP contribution in [0.5, 0.6) is 0 Å². The minimum Gasteiger partial charge on any atom is -0.347 e. The number of thiophene rings is 1. The van der Waals surface area contributed by atoms with Gasteiger partial charge in [0.1, 0.15) is 5.69 Å². The standard InChI is InChI=1S/C17H19N3O2S/c1-19-6-2-4-13(19)17(22)20-10-11-8-12(14(20)9-11)18-16(21)15-5-3-7-23-15/h2-7,11-12,14H,8-10H2,1H3,(H,18,21). The Kier molecular flexibility index (Phi) is 3.49. The number of fused-ring (bicyclic) bond motifs is 2. The topological polar surface area (TPSA) is 54.3 Å². The predicted octanol–water partition coefficient (Wildman–Crippen LogP) is 2.12. The molecule has 0 spiro atoms. The molecule has 1 N–H and O–H groups in total. The average Bonchev–Trinajstić information content (AvgIpc) is 3.30. The summed E-state index contributed by atoms with van der Waals surface area (Å²) >= 11 is 1.45. The maximum Gasteiger partial charge on any atom is 0.270 e. The maximum absolute atomic E-state index is 12.8. The lowest BCUT2D eigenvalue weighted by Crippen LogP contribution is -2.52. The molecule has 3 heterocycles. The van der Waals surface area contributed by atoms with E-state index in [4.69, 9.17) is 0 Å². The molecule has 120 valence electrons. The quantitative estimate of drug-likeness (QED) is 0.938. The molecule has 2 bridgehead atoms. The zero-order valence-corrected chi connectivity index (χ0v) is 13.8. The van der Waals surface area contributed by atoms with E-state index in [9.17, 15) is 9.59 Å². The van der Waals surface area contributed by atoms with Crippen molar-refractivity contribution < 1.29 is 9.59 Å². The van der Waals surface area contributed by atoms with Crippen LogP contribution in [0, 0.1) is 5.92 Å². The normalized spacial score (nSPS) is 25.8. The molecule has 4 rings (SSSR count). The van der Waals surface area contributed by atoms with Gasteiger partial charge >= 0.3 is 0 Å².